The van der Waals surface area contributed by atoms with Crippen molar-refractivity contribution in [3.05, 3.63) is 48.2 Å². The van der Waals surface area contributed by atoms with Crippen LogP contribution in [0.1, 0.15) is 12.5 Å². The lowest BCUT2D eigenvalue weighted by molar-refractivity contribution is -0.116. The minimum absolute atomic E-state index is 0.106. The number of carbonyl (C=O) groups is 1. The molecule has 2 rings (SSSR count). The highest BCUT2D eigenvalue weighted by molar-refractivity contribution is 5.87. The quantitative estimate of drug-likeness (QED) is 0.661. The molecule has 0 spiro atoms. The molecule has 0 saturated carbocycles. The second-order valence-corrected chi connectivity index (χ2v) is 4.73. The van der Waals surface area contributed by atoms with Gasteiger partial charge in [0.2, 0.25) is 5.91 Å². The fourth-order valence-corrected chi connectivity index (χ4v) is 2.00. The van der Waals surface area contributed by atoms with E-state index in [2.05, 4.69) is 15.2 Å². The minimum Gasteiger partial charge on any atom is -0.378 e. The number of anilines is 1. The van der Waals surface area contributed by atoms with Gasteiger partial charge in [-0.15, -0.1) is 0 Å². The highest BCUT2D eigenvalue weighted by atomic mass is 16.5. The third kappa shape index (κ3) is 5.04. The number of aromatic nitrogens is 1. The number of nitrogens with zero attached hydrogens (tertiary/aromatic N) is 2. The van der Waals surface area contributed by atoms with E-state index in [1.807, 2.05) is 31.2 Å². The molecule has 1 amide bonds. The second-order valence-electron chi connectivity index (χ2n) is 4.73. The molecule has 21 heavy (non-hydrogen) atoms. The number of pyridine rings is 1. The van der Waals surface area contributed by atoms with Crippen molar-refractivity contribution in [2.45, 2.75) is 13.5 Å². The summed E-state index contributed by atoms with van der Waals surface area (Å²) in [6.45, 7) is 5.63. The SMILES string of the molecule is C/C=C/C=C/C(=O)NCc1ccc(N2CCOCC2)nc1. The van der Waals surface area contributed by atoms with Gasteiger partial charge in [-0.3, -0.25) is 4.79 Å². The van der Waals surface area contributed by atoms with Crippen LogP contribution in [0.2, 0.25) is 0 Å². The van der Waals surface area contributed by atoms with Gasteiger partial charge >= 0.3 is 0 Å². The minimum atomic E-state index is -0.106. The zero-order chi connectivity index (χ0) is 14.9. The van der Waals surface area contributed by atoms with Gasteiger partial charge in [-0.25, -0.2) is 4.98 Å². The van der Waals surface area contributed by atoms with E-state index in [1.165, 1.54) is 6.08 Å². The lowest BCUT2D eigenvalue weighted by Gasteiger charge is -2.27. The van der Waals surface area contributed by atoms with Crippen molar-refractivity contribution in [2.24, 2.45) is 0 Å². The Hall–Kier alpha value is -2.14. The van der Waals surface area contributed by atoms with Crippen molar-refractivity contribution in [2.75, 3.05) is 31.2 Å². The summed E-state index contributed by atoms with van der Waals surface area (Å²) < 4.78 is 5.32. The van der Waals surface area contributed by atoms with Gasteiger partial charge in [0, 0.05) is 31.9 Å². The van der Waals surface area contributed by atoms with Crippen LogP contribution in [0.4, 0.5) is 5.82 Å². The lowest BCUT2D eigenvalue weighted by Crippen LogP contribution is -2.36. The van der Waals surface area contributed by atoms with E-state index in [-0.39, 0.29) is 5.91 Å². The molecule has 1 aliphatic heterocycles. The molecule has 1 saturated heterocycles. The van der Waals surface area contributed by atoms with Gasteiger partial charge in [0.1, 0.15) is 5.82 Å². The largest absolute Gasteiger partial charge is 0.378 e. The molecule has 1 aromatic rings. The topological polar surface area (TPSA) is 54.5 Å². The second kappa shape index (κ2) is 8.21. The van der Waals surface area contributed by atoms with E-state index in [9.17, 15) is 4.79 Å². The molecular formula is C16H21N3O2. The zero-order valence-electron chi connectivity index (χ0n) is 12.3. The highest BCUT2D eigenvalue weighted by Crippen LogP contribution is 2.12. The maximum Gasteiger partial charge on any atom is 0.244 e. The van der Waals surface area contributed by atoms with Crippen LogP contribution in [-0.4, -0.2) is 37.2 Å². The molecule has 1 fully saturated rings. The van der Waals surface area contributed by atoms with Crippen molar-refractivity contribution >= 4 is 11.7 Å². The Balaban J connectivity index is 1.83. The molecule has 5 heteroatoms. The first-order valence-electron chi connectivity index (χ1n) is 7.14. The van der Waals surface area contributed by atoms with Crippen LogP contribution < -0.4 is 10.2 Å². The molecule has 1 aliphatic rings. The molecule has 0 bridgehead atoms. The summed E-state index contributed by atoms with van der Waals surface area (Å²) >= 11 is 0. The monoisotopic (exact) mass is 287 g/mol. The molecule has 0 aliphatic carbocycles. The maximum absolute atomic E-state index is 11.5. The summed E-state index contributed by atoms with van der Waals surface area (Å²) in [6, 6.07) is 3.98. The third-order valence-corrected chi connectivity index (χ3v) is 3.16. The Labute approximate surface area is 125 Å². The first kappa shape index (κ1) is 15.3. The molecule has 5 nitrogen and oxygen atoms in total. The predicted octanol–water partition coefficient (Wildman–Crippen LogP) is 1.67. The normalized spacial score (nSPS) is 15.8. The Morgan fingerprint density at radius 2 is 2.19 bits per heavy atom. The van der Waals surface area contributed by atoms with Crippen LogP contribution in [0.3, 0.4) is 0 Å². The number of morpholine rings is 1. The summed E-state index contributed by atoms with van der Waals surface area (Å²) in [6.07, 6.45) is 8.72. The summed E-state index contributed by atoms with van der Waals surface area (Å²) in [5.74, 6) is 0.853. The number of hydrogen-bond acceptors (Lipinski definition) is 4. The first-order valence-corrected chi connectivity index (χ1v) is 7.14. The molecule has 0 unspecified atom stereocenters. The third-order valence-electron chi connectivity index (χ3n) is 3.16. The van der Waals surface area contributed by atoms with E-state index < -0.39 is 0 Å². The molecule has 0 radical (unpaired) electrons. The zero-order valence-corrected chi connectivity index (χ0v) is 12.3. The van der Waals surface area contributed by atoms with Crippen molar-refractivity contribution in [3.63, 3.8) is 0 Å². The van der Waals surface area contributed by atoms with Gasteiger partial charge in [0.05, 0.1) is 13.2 Å². The van der Waals surface area contributed by atoms with Crippen molar-refractivity contribution in [1.29, 1.82) is 0 Å². The molecule has 2 heterocycles. The standard InChI is InChI=1S/C16H21N3O2/c1-2-3-4-5-16(20)18-13-14-6-7-15(17-12-14)19-8-10-21-11-9-19/h2-7,12H,8-11,13H2,1H3,(H,18,20)/b3-2+,5-4+. The number of allylic oxidation sites excluding steroid dienone is 3. The van der Waals surface area contributed by atoms with Crippen LogP contribution in [0.25, 0.3) is 0 Å². The smallest absolute Gasteiger partial charge is 0.244 e. The van der Waals surface area contributed by atoms with Crippen LogP contribution in [0, 0.1) is 0 Å². The van der Waals surface area contributed by atoms with E-state index in [0.29, 0.717) is 6.54 Å². The Morgan fingerprint density at radius 3 is 2.86 bits per heavy atom. The van der Waals surface area contributed by atoms with E-state index >= 15 is 0 Å². The van der Waals surface area contributed by atoms with E-state index in [1.54, 1.807) is 12.3 Å². The van der Waals surface area contributed by atoms with E-state index in [0.717, 1.165) is 37.7 Å². The predicted molar refractivity (Wildman–Crippen MR) is 83.1 cm³/mol. The molecule has 0 aromatic carbocycles. The van der Waals surface area contributed by atoms with Gasteiger partial charge in [0.25, 0.3) is 0 Å². The number of carbonyl (C=O) groups excluding carboxylic acids is 1. The summed E-state index contributed by atoms with van der Waals surface area (Å²) in [7, 11) is 0. The molecule has 0 atom stereocenters. The summed E-state index contributed by atoms with van der Waals surface area (Å²) in [5, 5.41) is 2.82. The van der Waals surface area contributed by atoms with Crippen LogP contribution in [-0.2, 0) is 16.1 Å². The number of amides is 1. The van der Waals surface area contributed by atoms with Crippen molar-refractivity contribution < 1.29 is 9.53 Å². The molecular weight excluding hydrogens is 266 g/mol. The fraction of sp³-hybridized carbons (Fsp3) is 0.375. The van der Waals surface area contributed by atoms with Crippen LogP contribution >= 0.6 is 0 Å². The number of rotatable bonds is 5. The fourth-order valence-electron chi connectivity index (χ4n) is 2.00. The van der Waals surface area contributed by atoms with Crippen molar-refractivity contribution in [1.82, 2.24) is 10.3 Å². The number of ether oxygens (including phenoxy) is 1. The van der Waals surface area contributed by atoms with Gasteiger partial charge in [-0.2, -0.15) is 0 Å². The highest BCUT2D eigenvalue weighted by Gasteiger charge is 2.11. The first-order chi connectivity index (χ1) is 10.3. The van der Waals surface area contributed by atoms with Crippen LogP contribution in [0.15, 0.2) is 42.6 Å². The van der Waals surface area contributed by atoms with Gasteiger partial charge in [0.15, 0.2) is 0 Å². The van der Waals surface area contributed by atoms with Gasteiger partial charge < -0.3 is 15.0 Å². The van der Waals surface area contributed by atoms with Crippen LogP contribution in [0.5, 0.6) is 0 Å². The summed E-state index contributed by atoms with van der Waals surface area (Å²) in [4.78, 5) is 18.2. The van der Waals surface area contributed by atoms with Gasteiger partial charge in [-0.05, 0) is 18.6 Å². The Kier molecular flexibility index (Phi) is 5.97. The van der Waals surface area contributed by atoms with Crippen molar-refractivity contribution in [3.8, 4) is 0 Å². The average molecular weight is 287 g/mol. The lowest BCUT2D eigenvalue weighted by atomic mass is 10.2. The summed E-state index contributed by atoms with van der Waals surface area (Å²) in [5.41, 5.74) is 0.986. The van der Waals surface area contributed by atoms with Gasteiger partial charge in [-0.1, -0.05) is 24.3 Å². The van der Waals surface area contributed by atoms with E-state index in [4.69, 9.17) is 4.74 Å². The molecule has 1 aromatic heterocycles. The molecule has 112 valence electrons. The number of hydrogen-bond donors (Lipinski definition) is 1. The number of nitrogens with one attached hydrogen (secondary N) is 1. The maximum atomic E-state index is 11.5. The molecule has 1 N–H and O–H groups in total. The Bertz CT molecular complexity index is 503. The Morgan fingerprint density at radius 1 is 1.38 bits per heavy atom. The average Bonchev–Trinajstić information content (AvgIpc) is 2.54.